The highest BCUT2D eigenvalue weighted by atomic mass is 32.2. The Morgan fingerprint density at radius 2 is 1.87 bits per heavy atom. The number of nitrogens with zero attached hydrogens (tertiary/aromatic N) is 1. The Hall–Kier alpha value is -3.39. The highest BCUT2D eigenvalue weighted by Gasteiger charge is 2.43. The number of rotatable bonds is 7. The third-order valence-corrected chi connectivity index (χ3v) is 5.39. The standard InChI is InChI=1S/C23H21NO6S/c1-3-29-23(28)20-21(27)18(31-22(20)24-16-10-8-14(2)9-11-16)12-15-6-4-5-7-17(15)30-13-19(25)26/h4-12,20H,3,13H2,1-2H3,(H,25,26)/p-1/b18-12-,24-22?. The van der Waals surface area contributed by atoms with Crippen LogP contribution in [0.5, 0.6) is 5.75 Å². The normalized spacial score (nSPS) is 18.4. The molecule has 0 saturated carbocycles. The van der Waals surface area contributed by atoms with Gasteiger partial charge in [0, 0.05) is 5.56 Å². The Bertz CT molecular complexity index is 1060. The van der Waals surface area contributed by atoms with E-state index in [1.807, 2.05) is 19.1 Å². The number of Topliss-reactive ketones (excluding diaryl/α,β-unsaturated/α-hetero) is 1. The van der Waals surface area contributed by atoms with Crippen molar-refractivity contribution in [2.45, 2.75) is 13.8 Å². The Balaban J connectivity index is 1.97. The molecule has 0 aromatic heterocycles. The van der Waals surface area contributed by atoms with Crippen molar-refractivity contribution in [2.24, 2.45) is 10.9 Å². The molecule has 0 amide bonds. The van der Waals surface area contributed by atoms with Crippen LogP contribution in [0.3, 0.4) is 0 Å². The summed E-state index contributed by atoms with van der Waals surface area (Å²) < 4.78 is 10.3. The average molecular weight is 438 g/mol. The number of benzene rings is 2. The molecule has 1 saturated heterocycles. The molecule has 1 fully saturated rings. The summed E-state index contributed by atoms with van der Waals surface area (Å²) in [4.78, 5) is 41.0. The minimum absolute atomic E-state index is 0.143. The van der Waals surface area contributed by atoms with Gasteiger partial charge in [-0.2, -0.15) is 0 Å². The lowest BCUT2D eigenvalue weighted by Crippen LogP contribution is -2.29. The monoisotopic (exact) mass is 438 g/mol. The highest BCUT2D eigenvalue weighted by molar-refractivity contribution is 8.19. The zero-order valence-electron chi connectivity index (χ0n) is 17.0. The second-order valence-electron chi connectivity index (χ2n) is 6.64. The Morgan fingerprint density at radius 3 is 2.55 bits per heavy atom. The van der Waals surface area contributed by atoms with Crippen LogP contribution in [0, 0.1) is 12.8 Å². The molecular weight excluding hydrogens is 418 g/mol. The van der Waals surface area contributed by atoms with Crippen LogP contribution in [0.25, 0.3) is 6.08 Å². The Kier molecular flexibility index (Phi) is 7.25. The molecule has 3 rings (SSSR count). The number of esters is 1. The second kappa shape index (κ2) is 10.1. The second-order valence-corrected chi connectivity index (χ2v) is 7.71. The average Bonchev–Trinajstić information content (AvgIpc) is 3.04. The lowest BCUT2D eigenvalue weighted by molar-refractivity contribution is -0.307. The fourth-order valence-corrected chi connectivity index (χ4v) is 3.96. The molecule has 0 N–H and O–H groups in total. The molecule has 2 aromatic rings. The van der Waals surface area contributed by atoms with Crippen molar-refractivity contribution in [3.05, 3.63) is 64.6 Å². The van der Waals surface area contributed by atoms with E-state index >= 15 is 0 Å². The molecule has 1 aliphatic heterocycles. The predicted molar refractivity (Wildman–Crippen MR) is 116 cm³/mol. The molecule has 160 valence electrons. The number of carbonyl (C=O) groups excluding carboxylic acids is 3. The number of carbonyl (C=O) groups is 3. The number of para-hydroxylation sites is 1. The molecule has 1 heterocycles. The zero-order chi connectivity index (χ0) is 22.4. The van der Waals surface area contributed by atoms with Gasteiger partial charge < -0.3 is 19.4 Å². The van der Waals surface area contributed by atoms with Crippen LogP contribution in [-0.2, 0) is 19.1 Å². The quantitative estimate of drug-likeness (QED) is 0.372. The number of hydrogen-bond acceptors (Lipinski definition) is 8. The Labute approximate surface area is 183 Å². The first-order valence-electron chi connectivity index (χ1n) is 9.56. The van der Waals surface area contributed by atoms with Gasteiger partial charge in [-0.05, 0) is 38.1 Å². The maximum Gasteiger partial charge on any atom is 0.323 e. The first kappa shape index (κ1) is 22.3. The molecular formula is C23H20NO6S-. The van der Waals surface area contributed by atoms with E-state index in [1.54, 1.807) is 49.4 Å². The van der Waals surface area contributed by atoms with Crippen LogP contribution in [0.15, 0.2) is 58.4 Å². The first-order chi connectivity index (χ1) is 14.9. The van der Waals surface area contributed by atoms with Crippen LogP contribution >= 0.6 is 11.8 Å². The number of ketones is 1. The molecule has 0 bridgehead atoms. The maximum absolute atomic E-state index is 13.0. The van der Waals surface area contributed by atoms with Crippen LogP contribution in [0.1, 0.15) is 18.1 Å². The molecule has 31 heavy (non-hydrogen) atoms. The van der Waals surface area contributed by atoms with E-state index in [0.29, 0.717) is 16.3 Å². The van der Waals surface area contributed by atoms with Gasteiger partial charge in [-0.1, -0.05) is 47.7 Å². The van der Waals surface area contributed by atoms with Gasteiger partial charge >= 0.3 is 5.97 Å². The van der Waals surface area contributed by atoms with Crippen LogP contribution in [-0.4, -0.2) is 36.0 Å². The molecule has 1 atom stereocenters. The van der Waals surface area contributed by atoms with Crippen molar-refractivity contribution in [2.75, 3.05) is 13.2 Å². The van der Waals surface area contributed by atoms with Gasteiger partial charge in [0.15, 0.2) is 11.7 Å². The Morgan fingerprint density at radius 1 is 1.16 bits per heavy atom. The van der Waals surface area contributed by atoms with Crippen molar-refractivity contribution in [1.29, 1.82) is 0 Å². The molecule has 1 aliphatic rings. The number of ether oxygens (including phenoxy) is 2. The van der Waals surface area contributed by atoms with Gasteiger partial charge in [0.1, 0.15) is 17.4 Å². The van der Waals surface area contributed by atoms with E-state index in [2.05, 4.69) is 4.99 Å². The fourth-order valence-electron chi connectivity index (χ4n) is 2.85. The van der Waals surface area contributed by atoms with Gasteiger partial charge in [0.05, 0.1) is 23.2 Å². The van der Waals surface area contributed by atoms with Crippen molar-refractivity contribution in [3.8, 4) is 5.75 Å². The van der Waals surface area contributed by atoms with Gasteiger partial charge in [-0.3, -0.25) is 9.59 Å². The molecule has 0 radical (unpaired) electrons. The smallest absolute Gasteiger partial charge is 0.323 e. The minimum Gasteiger partial charge on any atom is -0.546 e. The number of aliphatic carboxylic acids is 1. The van der Waals surface area contributed by atoms with Crippen molar-refractivity contribution < 1.29 is 29.0 Å². The van der Waals surface area contributed by atoms with Crippen molar-refractivity contribution in [3.63, 3.8) is 0 Å². The van der Waals surface area contributed by atoms with E-state index in [0.717, 1.165) is 17.3 Å². The minimum atomic E-state index is -1.36. The van der Waals surface area contributed by atoms with Crippen LogP contribution < -0.4 is 9.84 Å². The highest BCUT2D eigenvalue weighted by Crippen LogP contribution is 2.39. The van der Waals surface area contributed by atoms with Gasteiger partial charge in [0.2, 0.25) is 0 Å². The van der Waals surface area contributed by atoms with Crippen molar-refractivity contribution in [1.82, 2.24) is 0 Å². The molecule has 8 heteroatoms. The number of thioether (sulfide) groups is 1. The summed E-state index contributed by atoms with van der Waals surface area (Å²) in [6.45, 7) is 3.15. The fraction of sp³-hybridized carbons (Fsp3) is 0.217. The third-order valence-electron chi connectivity index (χ3n) is 4.31. The summed E-state index contributed by atoms with van der Waals surface area (Å²) in [6, 6.07) is 14.1. The maximum atomic E-state index is 13.0. The summed E-state index contributed by atoms with van der Waals surface area (Å²) in [5.74, 6) is -3.30. The number of allylic oxidation sites excluding steroid dienone is 1. The van der Waals surface area contributed by atoms with Gasteiger partial charge in [-0.15, -0.1) is 0 Å². The summed E-state index contributed by atoms with van der Waals surface area (Å²) in [7, 11) is 0. The van der Waals surface area contributed by atoms with Gasteiger partial charge in [0.25, 0.3) is 0 Å². The number of carboxylic acid groups (broad SMARTS) is 1. The number of aryl methyl sites for hydroxylation is 1. The van der Waals surface area contributed by atoms with E-state index in [-0.39, 0.29) is 17.3 Å². The SMILES string of the molecule is CCOC(=O)C1C(=O)/C(=C/c2ccccc2OCC(=O)[O-])SC1=Nc1ccc(C)cc1. The largest absolute Gasteiger partial charge is 0.546 e. The molecule has 2 aromatic carbocycles. The number of aliphatic imine (C=N–C) groups is 1. The summed E-state index contributed by atoms with van der Waals surface area (Å²) >= 11 is 1.08. The number of carboxylic acids is 1. The molecule has 0 aliphatic carbocycles. The van der Waals surface area contributed by atoms with E-state index < -0.39 is 30.2 Å². The lowest BCUT2D eigenvalue weighted by atomic mass is 10.0. The first-order valence-corrected chi connectivity index (χ1v) is 10.4. The van der Waals surface area contributed by atoms with E-state index in [9.17, 15) is 19.5 Å². The van der Waals surface area contributed by atoms with Gasteiger partial charge in [-0.25, -0.2) is 4.99 Å². The zero-order valence-corrected chi connectivity index (χ0v) is 17.8. The molecule has 7 nitrogen and oxygen atoms in total. The lowest BCUT2D eigenvalue weighted by Gasteiger charge is -2.09. The van der Waals surface area contributed by atoms with Crippen LogP contribution in [0.2, 0.25) is 0 Å². The summed E-state index contributed by atoms with van der Waals surface area (Å²) in [6.07, 6.45) is 1.56. The van der Waals surface area contributed by atoms with E-state index in [4.69, 9.17) is 9.47 Å². The number of hydrogen-bond donors (Lipinski definition) is 0. The summed E-state index contributed by atoms with van der Waals surface area (Å²) in [5, 5.41) is 11.0. The topological polar surface area (TPSA) is 105 Å². The molecule has 1 unspecified atom stereocenters. The van der Waals surface area contributed by atoms with E-state index in [1.165, 1.54) is 0 Å². The predicted octanol–water partition coefficient (Wildman–Crippen LogP) is 2.69. The third kappa shape index (κ3) is 5.61. The molecule has 0 spiro atoms. The van der Waals surface area contributed by atoms with Crippen molar-refractivity contribution >= 4 is 46.3 Å². The summed E-state index contributed by atoms with van der Waals surface area (Å²) in [5.41, 5.74) is 2.18. The van der Waals surface area contributed by atoms with Crippen LogP contribution in [0.4, 0.5) is 5.69 Å².